The molecule has 6 heteroatoms. The summed E-state index contributed by atoms with van der Waals surface area (Å²) < 4.78 is 5.63. The number of hydrogen-bond acceptors (Lipinski definition) is 5. The number of ether oxygens (including phenoxy) is 1. The second kappa shape index (κ2) is 8.21. The van der Waals surface area contributed by atoms with Gasteiger partial charge in [-0.05, 0) is 36.2 Å². The van der Waals surface area contributed by atoms with E-state index in [0.717, 1.165) is 43.0 Å². The Hall–Kier alpha value is -2.21. The van der Waals surface area contributed by atoms with E-state index in [4.69, 9.17) is 16.3 Å². The number of fused-ring (bicyclic) bond motifs is 1. The van der Waals surface area contributed by atoms with Gasteiger partial charge in [-0.15, -0.1) is 0 Å². The van der Waals surface area contributed by atoms with Crippen LogP contribution in [-0.4, -0.2) is 40.7 Å². The van der Waals surface area contributed by atoms with Gasteiger partial charge >= 0.3 is 0 Å². The fourth-order valence-electron chi connectivity index (χ4n) is 3.49. The van der Waals surface area contributed by atoms with Gasteiger partial charge < -0.3 is 10.1 Å². The Balaban J connectivity index is 1.44. The predicted octanol–water partition coefficient (Wildman–Crippen LogP) is 4.12. The van der Waals surface area contributed by atoms with Crippen molar-refractivity contribution in [3.8, 4) is 0 Å². The molecule has 140 valence electrons. The van der Waals surface area contributed by atoms with E-state index < -0.39 is 0 Å². The maximum atomic E-state index is 6.06. The van der Waals surface area contributed by atoms with Gasteiger partial charge in [0, 0.05) is 36.6 Å². The van der Waals surface area contributed by atoms with Crippen LogP contribution in [0.2, 0.25) is 5.02 Å². The first-order valence-electron chi connectivity index (χ1n) is 9.23. The summed E-state index contributed by atoms with van der Waals surface area (Å²) >= 11 is 6.06. The van der Waals surface area contributed by atoms with E-state index in [0.29, 0.717) is 17.7 Å². The molecule has 1 aromatic heterocycles. The third kappa shape index (κ3) is 4.56. The van der Waals surface area contributed by atoms with Crippen molar-refractivity contribution < 1.29 is 4.74 Å². The monoisotopic (exact) mass is 382 g/mol. The van der Waals surface area contributed by atoms with E-state index in [1.54, 1.807) is 6.33 Å². The zero-order chi connectivity index (χ0) is 18.6. The lowest BCUT2D eigenvalue weighted by atomic mass is 10.1. The lowest BCUT2D eigenvalue weighted by Crippen LogP contribution is -2.40. The largest absolute Gasteiger partial charge is 0.376 e. The molecule has 2 heterocycles. The highest BCUT2D eigenvalue weighted by atomic mass is 35.5. The first-order chi connectivity index (χ1) is 13.2. The topological polar surface area (TPSA) is 50.3 Å². The molecule has 1 saturated heterocycles. The van der Waals surface area contributed by atoms with Gasteiger partial charge in [-0.25, -0.2) is 9.97 Å². The molecular weight excluding hydrogens is 360 g/mol. The molecule has 1 N–H and O–H groups in total. The second-order valence-electron chi connectivity index (χ2n) is 6.97. The van der Waals surface area contributed by atoms with Gasteiger partial charge in [0.05, 0.1) is 18.2 Å². The Morgan fingerprint density at radius 1 is 1.19 bits per heavy atom. The molecule has 1 aliphatic rings. The summed E-state index contributed by atoms with van der Waals surface area (Å²) in [6.07, 6.45) is 1.87. The van der Waals surface area contributed by atoms with Gasteiger partial charge in [-0.3, -0.25) is 4.90 Å². The maximum Gasteiger partial charge on any atom is 0.137 e. The van der Waals surface area contributed by atoms with Crippen molar-refractivity contribution in [1.29, 1.82) is 0 Å². The lowest BCUT2D eigenvalue weighted by Gasteiger charge is -2.31. The zero-order valence-corrected chi connectivity index (χ0v) is 16.1. The number of morpholine rings is 1. The number of rotatable bonds is 5. The van der Waals surface area contributed by atoms with Gasteiger partial charge in [-0.1, -0.05) is 35.9 Å². The summed E-state index contributed by atoms with van der Waals surface area (Å²) in [5.41, 5.74) is 3.40. The minimum Gasteiger partial charge on any atom is -0.376 e. The van der Waals surface area contributed by atoms with E-state index >= 15 is 0 Å². The van der Waals surface area contributed by atoms with Crippen LogP contribution >= 0.6 is 11.6 Å². The van der Waals surface area contributed by atoms with Crippen molar-refractivity contribution in [1.82, 2.24) is 14.9 Å². The van der Waals surface area contributed by atoms with Crippen LogP contribution in [0.15, 0.2) is 48.8 Å². The van der Waals surface area contributed by atoms with Crippen LogP contribution in [0.5, 0.6) is 0 Å². The van der Waals surface area contributed by atoms with Crippen LogP contribution in [0.1, 0.15) is 18.1 Å². The maximum absolute atomic E-state index is 6.06. The quantitative estimate of drug-likeness (QED) is 0.719. The molecule has 0 spiro atoms. The molecule has 27 heavy (non-hydrogen) atoms. The normalized spacial score (nSPS) is 17.9. The predicted molar refractivity (Wildman–Crippen MR) is 109 cm³/mol. The number of anilines is 1. The lowest BCUT2D eigenvalue weighted by molar-refractivity contribution is -0.0212. The Morgan fingerprint density at radius 3 is 2.96 bits per heavy atom. The third-order valence-corrected chi connectivity index (χ3v) is 5.02. The van der Waals surface area contributed by atoms with Gasteiger partial charge in [-0.2, -0.15) is 0 Å². The SMILES string of the molecule is CC1CN(Cc2cccc(CNc3ncnc4cc(Cl)ccc34)c2)CCO1. The van der Waals surface area contributed by atoms with E-state index in [9.17, 15) is 0 Å². The Morgan fingerprint density at radius 2 is 2.07 bits per heavy atom. The zero-order valence-electron chi connectivity index (χ0n) is 15.4. The Kier molecular flexibility index (Phi) is 5.53. The molecule has 2 aromatic carbocycles. The number of hydrogen-bond donors (Lipinski definition) is 1. The molecule has 0 aliphatic carbocycles. The van der Waals surface area contributed by atoms with Crippen LogP contribution in [-0.2, 0) is 17.8 Å². The van der Waals surface area contributed by atoms with Gasteiger partial charge in [0.2, 0.25) is 0 Å². The van der Waals surface area contributed by atoms with Crippen molar-refractivity contribution in [3.63, 3.8) is 0 Å². The van der Waals surface area contributed by atoms with Crippen molar-refractivity contribution in [2.45, 2.75) is 26.1 Å². The van der Waals surface area contributed by atoms with Crippen LogP contribution in [0.3, 0.4) is 0 Å². The minimum atomic E-state index is 0.308. The van der Waals surface area contributed by atoms with Crippen LogP contribution in [0.4, 0.5) is 5.82 Å². The van der Waals surface area contributed by atoms with Crippen molar-refractivity contribution in [2.24, 2.45) is 0 Å². The summed E-state index contributed by atoms with van der Waals surface area (Å²) in [4.78, 5) is 11.1. The number of halogens is 1. The standard InChI is InChI=1S/C21H23ClN4O/c1-15-12-26(7-8-27-15)13-17-4-2-3-16(9-17)11-23-21-19-6-5-18(22)10-20(19)24-14-25-21/h2-6,9-10,14-15H,7-8,11-13H2,1H3,(H,23,24,25). The second-order valence-corrected chi connectivity index (χ2v) is 7.41. The molecule has 1 fully saturated rings. The van der Waals surface area contributed by atoms with Gasteiger partial charge in [0.15, 0.2) is 0 Å². The summed E-state index contributed by atoms with van der Waals surface area (Å²) in [6.45, 7) is 6.58. The minimum absolute atomic E-state index is 0.308. The fraction of sp³-hybridized carbons (Fsp3) is 0.333. The fourth-order valence-corrected chi connectivity index (χ4v) is 3.65. The number of nitrogens with zero attached hydrogens (tertiary/aromatic N) is 3. The number of benzene rings is 2. The summed E-state index contributed by atoms with van der Waals surface area (Å²) in [7, 11) is 0. The number of aromatic nitrogens is 2. The summed E-state index contributed by atoms with van der Waals surface area (Å²) in [6, 6.07) is 14.4. The first-order valence-corrected chi connectivity index (χ1v) is 9.61. The molecular formula is C21H23ClN4O. The van der Waals surface area contributed by atoms with Crippen LogP contribution in [0, 0.1) is 0 Å². The molecule has 5 nitrogen and oxygen atoms in total. The summed E-state index contributed by atoms with van der Waals surface area (Å²) in [5.74, 6) is 0.823. The van der Waals surface area contributed by atoms with E-state index in [2.05, 4.69) is 51.4 Å². The smallest absolute Gasteiger partial charge is 0.137 e. The van der Waals surface area contributed by atoms with E-state index in [1.807, 2.05) is 18.2 Å². The molecule has 1 unspecified atom stereocenters. The van der Waals surface area contributed by atoms with Gasteiger partial charge in [0.1, 0.15) is 12.1 Å². The first kappa shape index (κ1) is 18.2. The number of nitrogens with one attached hydrogen (secondary N) is 1. The van der Waals surface area contributed by atoms with E-state index in [-0.39, 0.29) is 0 Å². The van der Waals surface area contributed by atoms with Crippen LogP contribution in [0.25, 0.3) is 10.9 Å². The molecule has 4 rings (SSSR count). The summed E-state index contributed by atoms with van der Waals surface area (Å²) in [5, 5.41) is 5.08. The average molecular weight is 383 g/mol. The van der Waals surface area contributed by atoms with Crippen molar-refractivity contribution in [2.75, 3.05) is 25.0 Å². The molecule has 0 bridgehead atoms. The molecule has 0 saturated carbocycles. The molecule has 3 aromatic rings. The van der Waals surface area contributed by atoms with Crippen molar-refractivity contribution >= 4 is 28.3 Å². The highest BCUT2D eigenvalue weighted by Crippen LogP contribution is 2.23. The third-order valence-electron chi connectivity index (χ3n) is 4.78. The molecule has 0 amide bonds. The molecule has 1 atom stereocenters. The highest BCUT2D eigenvalue weighted by molar-refractivity contribution is 6.31. The van der Waals surface area contributed by atoms with Gasteiger partial charge in [0.25, 0.3) is 0 Å². The Labute approximate surface area is 164 Å². The Bertz CT molecular complexity index is 933. The van der Waals surface area contributed by atoms with Crippen LogP contribution < -0.4 is 5.32 Å². The molecule has 0 radical (unpaired) electrons. The molecule has 1 aliphatic heterocycles. The average Bonchev–Trinajstić information content (AvgIpc) is 2.66. The van der Waals surface area contributed by atoms with E-state index in [1.165, 1.54) is 11.1 Å². The highest BCUT2D eigenvalue weighted by Gasteiger charge is 2.16. The van der Waals surface area contributed by atoms with Crippen molar-refractivity contribution in [3.05, 3.63) is 64.9 Å².